The standard InChI is InChI=1S/C15H18N2O4/c1-21-14-7-9-16(10-8-14)15(18)6-5-12-3-2-4-13(11-12)17(19)20/h2-6,11,14H,7-10H2,1H3/b6-5+. The van der Waals surface area contributed by atoms with Crippen molar-refractivity contribution in [2.24, 2.45) is 0 Å². The van der Waals surface area contributed by atoms with Crippen LogP contribution >= 0.6 is 0 Å². The molecule has 0 aromatic heterocycles. The zero-order valence-corrected chi connectivity index (χ0v) is 11.9. The van der Waals surface area contributed by atoms with Crippen LogP contribution in [0, 0.1) is 10.1 Å². The number of likely N-dealkylation sites (tertiary alicyclic amines) is 1. The van der Waals surface area contributed by atoms with Crippen molar-refractivity contribution < 1.29 is 14.5 Å². The molecule has 21 heavy (non-hydrogen) atoms. The zero-order chi connectivity index (χ0) is 15.2. The third-order valence-corrected chi connectivity index (χ3v) is 3.59. The van der Waals surface area contributed by atoms with Crippen LogP contribution in [0.15, 0.2) is 30.3 Å². The lowest BCUT2D eigenvalue weighted by Gasteiger charge is -2.30. The van der Waals surface area contributed by atoms with Crippen molar-refractivity contribution in [3.8, 4) is 0 Å². The van der Waals surface area contributed by atoms with Crippen molar-refractivity contribution in [2.45, 2.75) is 18.9 Å². The average Bonchev–Trinajstić information content (AvgIpc) is 2.53. The van der Waals surface area contributed by atoms with Crippen LogP contribution in [0.4, 0.5) is 5.69 Å². The summed E-state index contributed by atoms with van der Waals surface area (Å²) in [5.41, 5.74) is 0.662. The van der Waals surface area contributed by atoms with Gasteiger partial charge in [-0.2, -0.15) is 0 Å². The highest BCUT2D eigenvalue weighted by Gasteiger charge is 2.20. The van der Waals surface area contributed by atoms with Gasteiger partial charge in [0.1, 0.15) is 0 Å². The maximum atomic E-state index is 12.0. The first-order valence-corrected chi connectivity index (χ1v) is 6.84. The predicted molar refractivity (Wildman–Crippen MR) is 78.7 cm³/mol. The number of hydrogen-bond donors (Lipinski definition) is 0. The Morgan fingerprint density at radius 1 is 1.43 bits per heavy atom. The molecule has 0 N–H and O–H groups in total. The van der Waals surface area contributed by atoms with Crippen molar-refractivity contribution in [3.63, 3.8) is 0 Å². The summed E-state index contributed by atoms with van der Waals surface area (Å²) in [5, 5.41) is 10.7. The smallest absolute Gasteiger partial charge is 0.270 e. The molecule has 0 bridgehead atoms. The molecule has 1 fully saturated rings. The summed E-state index contributed by atoms with van der Waals surface area (Å²) in [7, 11) is 1.68. The minimum Gasteiger partial charge on any atom is -0.381 e. The van der Waals surface area contributed by atoms with E-state index < -0.39 is 4.92 Å². The number of methoxy groups -OCH3 is 1. The van der Waals surface area contributed by atoms with Gasteiger partial charge in [-0.25, -0.2) is 0 Å². The van der Waals surface area contributed by atoms with Gasteiger partial charge in [0.2, 0.25) is 5.91 Å². The minimum atomic E-state index is -0.450. The van der Waals surface area contributed by atoms with E-state index >= 15 is 0 Å². The highest BCUT2D eigenvalue weighted by Crippen LogP contribution is 2.16. The maximum Gasteiger partial charge on any atom is 0.270 e. The molecular weight excluding hydrogens is 272 g/mol. The fourth-order valence-corrected chi connectivity index (χ4v) is 2.33. The van der Waals surface area contributed by atoms with Crippen LogP contribution in [0.1, 0.15) is 18.4 Å². The monoisotopic (exact) mass is 290 g/mol. The summed E-state index contributed by atoms with van der Waals surface area (Å²) in [6.07, 6.45) is 4.98. The third-order valence-electron chi connectivity index (χ3n) is 3.59. The highest BCUT2D eigenvalue weighted by molar-refractivity contribution is 5.91. The Hall–Kier alpha value is -2.21. The molecule has 1 aromatic carbocycles. The first-order valence-electron chi connectivity index (χ1n) is 6.84. The van der Waals surface area contributed by atoms with Gasteiger partial charge in [0, 0.05) is 38.4 Å². The van der Waals surface area contributed by atoms with E-state index in [1.54, 1.807) is 30.2 Å². The summed E-state index contributed by atoms with van der Waals surface area (Å²) in [5.74, 6) is -0.0731. The van der Waals surface area contributed by atoms with E-state index in [0.29, 0.717) is 18.7 Å². The van der Waals surface area contributed by atoms with Crippen LogP contribution in [0.3, 0.4) is 0 Å². The normalized spacial score (nSPS) is 16.3. The van der Waals surface area contributed by atoms with Gasteiger partial charge in [-0.1, -0.05) is 12.1 Å². The maximum absolute atomic E-state index is 12.0. The quantitative estimate of drug-likeness (QED) is 0.484. The second-order valence-electron chi connectivity index (χ2n) is 4.95. The molecule has 1 aromatic rings. The van der Waals surface area contributed by atoms with E-state index in [1.807, 2.05) is 0 Å². The molecule has 6 heteroatoms. The molecule has 1 amide bonds. The van der Waals surface area contributed by atoms with Gasteiger partial charge in [0.15, 0.2) is 0 Å². The van der Waals surface area contributed by atoms with Crippen LogP contribution in [-0.4, -0.2) is 42.0 Å². The van der Waals surface area contributed by atoms with Crippen molar-refractivity contribution in [3.05, 3.63) is 46.0 Å². The fraction of sp³-hybridized carbons (Fsp3) is 0.400. The molecule has 1 saturated heterocycles. The molecule has 0 unspecified atom stereocenters. The number of ether oxygens (including phenoxy) is 1. The number of nitro groups is 1. The molecule has 2 rings (SSSR count). The lowest BCUT2D eigenvalue weighted by atomic mass is 10.1. The van der Waals surface area contributed by atoms with E-state index in [1.165, 1.54) is 18.2 Å². The van der Waals surface area contributed by atoms with Gasteiger partial charge in [0.05, 0.1) is 11.0 Å². The zero-order valence-electron chi connectivity index (χ0n) is 11.9. The lowest BCUT2D eigenvalue weighted by molar-refractivity contribution is -0.384. The largest absolute Gasteiger partial charge is 0.381 e. The molecule has 0 spiro atoms. The van der Waals surface area contributed by atoms with Crippen LogP contribution in [0.25, 0.3) is 6.08 Å². The second kappa shape index (κ2) is 6.99. The van der Waals surface area contributed by atoms with Gasteiger partial charge in [-0.05, 0) is 24.5 Å². The summed E-state index contributed by atoms with van der Waals surface area (Å²) in [6.45, 7) is 1.35. The number of carbonyl (C=O) groups excluding carboxylic acids is 1. The Labute approximate surface area is 123 Å². The summed E-state index contributed by atoms with van der Waals surface area (Å²) < 4.78 is 5.26. The molecule has 1 aliphatic rings. The first-order chi connectivity index (χ1) is 10.1. The van der Waals surface area contributed by atoms with Gasteiger partial charge < -0.3 is 9.64 Å². The first kappa shape index (κ1) is 15.2. The number of nitrogens with zero attached hydrogens (tertiary/aromatic N) is 2. The Balaban J connectivity index is 1.96. The van der Waals surface area contributed by atoms with Crippen molar-refractivity contribution >= 4 is 17.7 Å². The summed E-state index contributed by atoms with van der Waals surface area (Å²) in [4.78, 5) is 24.1. The van der Waals surface area contributed by atoms with Gasteiger partial charge in [-0.3, -0.25) is 14.9 Å². The Morgan fingerprint density at radius 3 is 2.76 bits per heavy atom. The molecule has 1 aliphatic heterocycles. The van der Waals surface area contributed by atoms with Crippen LogP contribution in [-0.2, 0) is 9.53 Å². The molecule has 0 saturated carbocycles. The molecule has 0 aliphatic carbocycles. The number of carbonyl (C=O) groups is 1. The molecule has 0 atom stereocenters. The Kier molecular flexibility index (Phi) is 5.05. The van der Waals surface area contributed by atoms with E-state index in [4.69, 9.17) is 4.74 Å². The summed E-state index contributed by atoms with van der Waals surface area (Å²) in [6, 6.07) is 6.20. The Morgan fingerprint density at radius 2 is 2.14 bits per heavy atom. The van der Waals surface area contributed by atoms with E-state index in [2.05, 4.69) is 0 Å². The third kappa shape index (κ3) is 4.13. The van der Waals surface area contributed by atoms with Crippen LogP contribution < -0.4 is 0 Å². The van der Waals surface area contributed by atoms with Gasteiger partial charge in [-0.15, -0.1) is 0 Å². The molecule has 1 heterocycles. The number of nitro benzene ring substituents is 1. The number of benzene rings is 1. The number of piperidine rings is 1. The van der Waals surface area contributed by atoms with E-state index in [9.17, 15) is 14.9 Å². The lowest BCUT2D eigenvalue weighted by Crippen LogP contribution is -2.39. The second-order valence-corrected chi connectivity index (χ2v) is 4.95. The molecule has 112 valence electrons. The van der Waals surface area contributed by atoms with Crippen LogP contribution in [0.2, 0.25) is 0 Å². The van der Waals surface area contributed by atoms with Crippen molar-refractivity contribution in [1.82, 2.24) is 4.90 Å². The van der Waals surface area contributed by atoms with Crippen molar-refractivity contribution in [2.75, 3.05) is 20.2 Å². The fourth-order valence-electron chi connectivity index (χ4n) is 2.33. The summed E-state index contributed by atoms with van der Waals surface area (Å²) >= 11 is 0. The molecule has 0 radical (unpaired) electrons. The minimum absolute atomic E-state index is 0.0190. The van der Waals surface area contributed by atoms with Crippen LogP contribution in [0.5, 0.6) is 0 Å². The van der Waals surface area contributed by atoms with Gasteiger partial charge in [0.25, 0.3) is 5.69 Å². The number of rotatable bonds is 4. The molecule has 6 nitrogen and oxygen atoms in total. The molecular formula is C15H18N2O4. The Bertz CT molecular complexity index is 548. The SMILES string of the molecule is COC1CCN(C(=O)/C=C/c2cccc([N+](=O)[O-])c2)CC1. The number of non-ortho nitro benzene ring substituents is 1. The predicted octanol–water partition coefficient (Wildman–Crippen LogP) is 2.25. The highest BCUT2D eigenvalue weighted by atomic mass is 16.6. The van der Waals surface area contributed by atoms with Gasteiger partial charge >= 0.3 is 0 Å². The topological polar surface area (TPSA) is 72.7 Å². The van der Waals surface area contributed by atoms with Crippen molar-refractivity contribution in [1.29, 1.82) is 0 Å². The number of amides is 1. The van der Waals surface area contributed by atoms with E-state index in [0.717, 1.165) is 12.8 Å². The number of hydrogen-bond acceptors (Lipinski definition) is 4. The average molecular weight is 290 g/mol. The van der Waals surface area contributed by atoms with E-state index in [-0.39, 0.29) is 17.7 Å².